The summed E-state index contributed by atoms with van der Waals surface area (Å²) in [5, 5.41) is 19.0. The molecule has 2 rings (SSSR count). The third-order valence-corrected chi connectivity index (χ3v) is 4.73. The van der Waals surface area contributed by atoms with Crippen molar-refractivity contribution < 1.29 is 24.6 Å². The number of hydrogen-bond donors (Lipinski definition) is 4. The van der Waals surface area contributed by atoms with Gasteiger partial charge in [-0.15, -0.1) is 0 Å². The van der Waals surface area contributed by atoms with E-state index in [1.807, 2.05) is 13.0 Å². The minimum atomic E-state index is -4.37. The molecule has 0 aromatic heterocycles. The number of phenolic OH excluding ortho intramolecular Hbond substituents is 2. The van der Waals surface area contributed by atoms with Crippen LogP contribution in [0.25, 0.3) is 0 Å². The van der Waals surface area contributed by atoms with Crippen molar-refractivity contribution >= 4 is 12.9 Å². The third kappa shape index (κ3) is 4.10. The van der Waals surface area contributed by atoms with Crippen LogP contribution in [-0.4, -0.2) is 20.0 Å². The molecule has 6 heteroatoms. The second kappa shape index (κ2) is 6.53. The molecule has 0 aliphatic rings. The average Bonchev–Trinajstić information content (AvgIpc) is 2.43. The van der Waals surface area contributed by atoms with E-state index in [1.54, 1.807) is 18.2 Å². The fourth-order valence-corrected chi connectivity index (χ4v) is 3.25. The Hall–Kier alpha value is -1.81. The zero-order valence-corrected chi connectivity index (χ0v) is 13.1. The van der Waals surface area contributed by atoms with Gasteiger partial charge in [-0.05, 0) is 60.2 Å². The fourth-order valence-electron chi connectivity index (χ4n) is 2.43. The Labute approximate surface area is 129 Å². The van der Waals surface area contributed by atoms with Crippen LogP contribution in [-0.2, 0) is 11.0 Å². The van der Waals surface area contributed by atoms with Crippen LogP contribution in [0.4, 0.5) is 0 Å². The monoisotopic (exact) mass is 322 g/mol. The van der Waals surface area contributed by atoms with E-state index in [2.05, 4.69) is 0 Å². The Balaban J connectivity index is 2.18. The van der Waals surface area contributed by atoms with Crippen LogP contribution in [0.2, 0.25) is 0 Å². The lowest BCUT2D eigenvalue weighted by Crippen LogP contribution is -2.11. The summed E-state index contributed by atoms with van der Waals surface area (Å²) in [6.07, 6.45) is 1.06. The molecule has 0 heterocycles. The van der Waals surface area contributed by atoms with Crippen LogP contribution in [0, 0.1) is 0 Å². The van der Waals surface area contributed by atoms with Gasteiger partial charge >= 0.3 is 7.60 Å². The molecule has 2 aromatic carbocycles. The summed E-state index contributed by atoms with van der Waals surface area (Å²) < 4.78 is 11.5. The molecule has 1 unspecified atom stereocenters. The fraction of sp³-hybridized carbons (Fsp3) is 0.250. The summed E-state index contributed by atoms with van der Waals surface area (Å²) in [6, 6.07) is 10.9. The van der Waals surface area contributed by atoms with E-state index < -0.39 is 7.60 Å². The normalized spacial score (nSPS) is 13.0. The Bertz CT molecular complexity index is 707. The molecule has 1 atom stereocenters. The van der Waals surface area contributed by atoms with Crippen LogP contribution in [0.3, 0.4) is 0 Å². The van der Waals surface area contributed by atoms with Gasteiger partial charge in [0, 0.05) is 0 Å². The van der Waals surface area contributed by atoms with E-state index in [0.717, 1.165) is 5.56 Å². The number of benzene rings is 2. The van der Waals surface area contributed by atoms with Crippen molar-refractivity contribution in [1.82, 2.24) is 0 Å². The molecular weight excluding hydrogens is 303 g/mol. The second-order valence-electron chi connectivity index (χ2n) is 5.39. The largest absolute Gasteiger partial charge is 0.508 e. The minimum Gasteiger partial charge on any atom is -0.508 e. The summed E-state index contributed by atoms with van der Waals surface area (Å²) >= 11 is 0. The first kappa shape index (κ1) is 16.6. The van der Waals surface area contributed by atoms with Crippen LogP contribution < -0.4 is 5.30 Å². The molecule has 4 N–H and O–H groups in total. The highest BCUT2D eigenvalue weighted by Gasteiger charge is 2.22. The van der Waals surface area contributed by atoms with Gasteiger partial charge in [0.1, 0.15) is 11.5 Å². The van der Waals surface area contributed by atoms with Gasteiger partial charge in [-0.1, -0.05) is 19.1 Å². The molecule has 0 aliphatic carbocycles. The van der Waals surface area contributed by atoms with Crippen LogP contribution >= 0.6 is 7.60 Å². The Morgan fingerprint density at radius 2 is 1.73 bits per heavy atom. The first-order chi connectivity index (χ1) is 10.3. The Kier molecular flexibility index (Phi) is 4.91. The molecule has 0 aliphatic heterocycles. The second-order valence-corrected chi connectivity index (χ2v) is 6.96. The Morgan fingerprint density at radius 1 is 1.05 bits per heavy atom. The van der Waals surface area contributed by atoms with Crippen molar-refractivity contribution in [3.63, 3.8) is 0 Å². The predicted octanol–water partition coefficient (Wildman–Crippen LogP) is 2.64. The minimum absolute atomic E-state index is 0.0165. The first-order valence-electron chi connectivity index (χ1n) is 6.94. The number of hydrogen-bond acceptors (Lipinski definition) is 3. The van der Waals surface area contributed by atoms with Crippen molar-refractivity contribution in [3.8, 4) is 11.5 Å². The zero-order chi connectivity index (χ0) is 16.3. The van der Waals surface area contributed by atoms with E-state index >= 15 is 0 Å². The smallest absolute Gasteiger partial charge is 0.356 e. The Morgan fingerprint density at radius 3 is 2.36 bits per heavy atom. The van der Waals surface area contributed by atoms with E-state index in [9.17, 15) is 24.6 Å². The molecule has 0 fully saturated rings. The number of phenols is 2. The van der Waals surface area contributed by atoms with Gasteiger partial charge in [0.2, 0.25) is 0 Å². The molecule has 0 bridgehead atoms. The molecule has 22 heavy (non-hydrogen) atoms. The number of aryl methyl sites for hydroxylation is 1. The first-order valence-corrected chi connectivity index (χ1v) is 8.55. The van der Waals surface area contributed by atoms with Gasteiger partial charge in [0.05, 0.1) is 5.30 Å². The van der Waals surface area contributed by atoms with Crippen molar-refractivity contribution in [2.75, 3.05) is 0 Å². The van der Waals surface area contributed by atoms with E-state index in [1.165, 1.54) is 18.2 Å². The van der Waals surface area contributed by atoms with E-state index in [-0.39, 0.29) is 22.7 Å². The molecule has 5 nitrogen and oxygen atoms in total. The summed E-state index contributed by atoms with van der Waals surface area (Å²) in [5.74, 6) is 0.286. The number of aromatic hydroxyl groups is 2. The van der Waals surface area contributed by atoms with Gasteiger partial charge in [-0.2, -0.15) is 0 Å². The molecule has 0 spiro atoms. The maximum Gasteiger partial charge on any atom is 0.356 e. The van der Waals surface area contributed by atoms with Crippen molar-refractivity contribution in [1.29, 1.82) is 0 Å². The summed E-state index contributed by atoms with van der Waals surface area (Å²) in [5.41, 5.74) is 1.40. The van der Waals surface area contributed by atoms with Crippen LogP contribution in [0.15, 0.2) is 42.5 Å². The molecule has 0 radical (unpaired) electrons. The lowest BCUT2D eigenvalue weighted by Gasteiger charge is -2.15. The van der Waals surface area contributed by atoms with Gasteiger partial charge < -0.3 is 20.0 Å². The molecule has 118 valence electrons. The highest BCUT2D eigenvalue weighted by Crippen LogP contribution is 2.36. The standard InChI is InChI=1S/C16H19O5P/c1-11(12-3-2-4-14(17)9-12)5-6-13-10-15(18)7-8-16(13)22(19,20)21/h2-4,7-11,17-18H,5-6H2,1H3,(H2,19,20,21). The van der Waals surface area contributed by atoms with Crippen molar-refractivity contribution in [2.24, 2.45) is 0 Å². The third-order valence-electron chi connectivity index (χ3n) is 3.66. The lowest BCUT2D eigenvalue weighted by molar-refractivity contribution is 0.387. The highest BCUT2D eigenvalue weighted by molar-refractivity contribution is 7.60. The van der Waals surface area contributed by atoms with Crippen LogP contribution in [0.5, 0.6) is 11.5 Å². The van der Waals surface area contributed by atoms with Gasteiger partial charge in [-0.3, -0.25) is 4.57 Å². The topological polar surface area (TPSA) is 98.0 Å². The van der Waals surface area contributed by atoms with Gasteiger partial charge in [0.25, 0.3) is 0 Å². The molecule has 2 aromatic rings. The summed E-state index contributed by atoms with van der Waals surface area (Å²) in [6.45, 7) is 1.98. The highest BCUT2D eigenvalue weighted by atomic mass is 31.2. The van der Waals surface area contributed by atoms with Crippen molar-refractivity contribution in [2.45, 2.75) is 25.7 Å². The number of rotatable bonds is 5. The molecular formula is C16H19O5P. The van der Waals surface area contributed by atoms with E-state index in [4.69, 9.17) is 0 Å². The maximum absolute atomic E-state index is 11.5. The van der Waals surface area contributed by atoms with Gasteiger partial charge in [0.15, 0.2) is 0 Å². The maximum atomic E-state index is 11.5. The average molecular weight is 322 g/mol. The summed E-state index contributed by atoms with van der Waals surface area (Å²) in [4.78, 5) is 18.8. The summed E-state index contributed by atoms with van der Waals surface area (Å²) in [7, 11) is -4.37. The van der Waals surface area contributed by atoms with E-state index in [0.29, 0.717) is 18.4 Å². The quantitative estimate of drug-likeness (QED) is 0.634. The predicted molar refractivity (Wildman–Crippen MR) is 84.6 cm³/mol. The molecule has 0 saturated heterocycles. The van der Waals surface area contributed by atoms with Gasteiger partial charge in [-0.25, -0.2) is 0 Å². The lowest BCUT2D eigenvalue weighted by atomic mass is 9.94. The molecule has 0 amide bonds. The van der Waals surface area contributed by atoms with Crippen LogP contribution in [0.1, 0.15) is 30.4 Å². The zero-order valence-electron chi connectivity index (χ0n) is 12.2. The van der Waals surface area contributed by atoms with Crippen molar-refractivity contribution in [3.05, 3.63) is 53.6 Å². The molecule has 0 saturated carbocycles. The SMILES string of the molecule is CC(CCc1cc(O)ccc1P(=O)(O)O)c1cccc(O)c1.